The summed E-state index contributed by atoms with van der Waals surface area (Å²) in [6.07, 6.45) is 3.99. The number of nitrogens with zero attached hydrogens (tertiary/aromatic N) is 1. The Morgan fingerprint density at radius 1 is 0.745 bits per heavy atom. The number of unbranched alkanes of at least 4 members (excludes halogenated alkanes) is 1. The zero-order valence-corrected chi connectivity index (χ0v) is 28.4. The monoisotopic (exact) mass is 702 g/mol. The average Bonchev–Trinajstić information content (AvgIpc) is 3.79. The van der Waals surface area contributed by atoms with E-state index < -0.39 is 78.8 Å². The molecule has 5 atom stereocenters. The number of hydrogen-bond donors (Lipinski definition) is 8. The summed E-state index contributed by atoms with van der Waals surface area (Å²) in [5.74, 6) is -3.89. The second-order valence-electron chi connectivity index (χ2n) is 12.9. The summed E-state index contributed by atoms with van der Waals surface area (Å²) in [6.45, 7) is -0.674. The van der Waals surface area contributed by atoms with Crippen LogP contribution in [-0.4, -0.2) is 107 Å². The molecule has 0 bridgehead atoms. The Labute approximate surface area is 295 Å². The van der Waals surface area contributed by atoms with Crippen molar-refractivity contribution in [1.29, 1.82) is 0 Å². The molecule has 272 valence electrons. The molecule has 2 aliphatic heterocycles. The molecule has 1 aromatic heterocycles. The minimum Gasteiger partial charge on any atom is -0.394 e. The first kappa shape index (κ1) is 37.0. The maximum atomic E-state index is 14.1. The number of H-pyrrole nitrogens is 1. The van der Waals surface area contributed by atoms with E-state index in [0.717, 1.165) is 16.5 Å². The van der Waals surface area contributed by atoms with Gasteiger partial charge in [0.15, 0.2) is 0 Å². The van der Waals surface area contributed by atoms with Crippen molar-refractivity contribution in [3.63, 3.8) is 0 Å². The molecular formula is C36H46N8O7. The highest BCUT2D eigenvalue weighted by Crippen LogP contribution is 2.21. The Bertz CT molecular complexity index is 1710. The van der Waals surface area contributed by atoms with Gasteiger partial charge < -0.3 is 47.3 Å². The van der Waals surface area contributed by atoms with Gasteiger partial charge in [0.05, 0.1) is 13.2 Å². The van der Waals surface area contributed by atoms with Crippen LogP contribution in [0.3, 0.4) is 0 Å². The van der Waals surface area contributed by atoms with Gasteiger partial charge in [0.2, 0.25) is 35.4 Å². The minimum atomic E-state index is -1.45. The molecule has 2 aliphatic rings. The molecule has 9 N–H and O–H groups in total. The molecule has 3 aromatic rings. The van der Waals surface area contributed by atoms with Crippen LogP contribution in [0.1, 0.15) is 43.2 Å². The number of aliphatic hydroxyl groups is 1. The number of rotatable bonds is 9. The molecule has 0 unspecified atom stereocenters. The van der Waals surface area contributed by atoms with E-state index >= 15 is 0 Å². The molecule has 2 saturated heterocycles. The highest BCUT2D eigenvalue weighted by Gasteiger charge is 2.39. The number of fused-ring (bicyclic) bond motifs is 2. The Balaban J connectivity index is 1.49. The van der Waals surface area contributed by atoms with Gasteiger partial charge in [-0.15, -0.1) is 0 Å². The zero-order chi connectivity index (χ0) is 36.3. The average molecular weight is 703 g/mol. The molecule has 15 nitrogen and oxygen atoms in total. The fraction of sp³-hybridized carbons (Fsp3) is 0.444. The molecule has 0 spiro atoms. The van der Waals surface area contributed by atoms with E-state index in [9.17, 15) is 33.9 Å². The van der Waals surface area contributed by atoms with Crippen LogP contribution in [0.25, 0.3) is 10.9 Å². The number of nitrogens with one attached hydrogen (secondary N) is 6. The van der Waals surface area contributed by atoms with E-state index in [4.69, 9.17) is 5.73 Å². The van der Waals surface area contributed by atoms with Crippen LogP contribution in [0.5, 0.6) is 0 Å². The van der Waals surface area contributed by atoms with Gasteiger partial charge >= 0.3 is 0 Å². The number of amides is 6. The van der Waals surface area contributed by atoms with Crippen molar-refractivity contribution >= 4 is 46.3 Å². The smallest absolute Gasteiger partial charge is 0.246 e. The molecule has 2 fully saturated rings. The number of carbonyl (C=O) groups excluding carboxylic acids is 6. The third kappa shape index (κ3) is 9.49. The zero-order valence-electron chi connectivity index (χ0n) is 28.4. The molecule has 15 heteroatoms. The Morgan fingerprint density at radius 3 is 2.20 bits per heavy atom. The summed E-state index contributed by atoms with van der Waals surface area (Å²) in [5.41, 5.74) is 8.04. The first-order valence-corrected chi connectivity index (χ1v) is 17.4. The lowest BCUT2D eigenvalue weighted by atomic mass is 10.0. The topological polar surface area (TPSA) is 228 Å². The van der Waals surface area contributed by atoms with Crippen LogP contribution < -0.4 is 32.3 Å². The molecule has 6 amide bonds. The third-order valence-corrected chi connectivity index (χ3v) is 9.31. The highest BCUT2D eigenvalue weighted by atomic mass is 16.3. The predicted octanol–water partition coefficient (Wildman–Crippen LogP) is -0.866. The molecule has 5 rings (SSSR count). The van der Waals surface area contributed by atoms with Gasteiger partial charge in [-0.25, -0.2) is 0 Å². The van der Waals surface area contributed by atoms with Crippen LogP contribution in [-0.2, 0) is 41.6 Å². The van der Waals surface area contributed by atoms with Crippen molar-refractivity contribution in [2.24, 2.45) is 5.73 Å². The second-order valence-corrected chi connectivity index (χ2v) is 12.9. The van der Waals surface area contributed by atoms with E-state index in [1.165, 1.54) is 4.90 Å². The summed E-state index contributed by atoms with van der Waals surface area (Å²) in [6, 6.07) is 10.8. The number of aliphatic hydroxyl groups excluding tert-OH is 1. The van der Waals surface area contributed by atoms with Gasteiger partial charge in [-0.1, -0.05) is 48.5 Å². The van der Waals surface area contributed by atoms with Crippen LogP contribution in [0, 0.1) is 0 Å². The summed E-state index contributed by atoms with van der Waals surface area (Å²) in [5, 5.41) is 24.1. The second kappa shape index (κ2) is 17.6. The number of hydrogen-bond acceptors (Lipinski definition) is 8. The largest absolute Gasteiger partial charge is 0.394 e. The van der Waals surface area contributed by atoms with E-state index in [0.29, 0.717) is 37.8 Å². The molecule has 0 saturated carbocycles. The number of aromatic amines is 1. The fourth-order valence-electron chi connectivity index (χ4n) is 6.59. The van der Waals surface area contributed by atoms with Gasteiger partial charge in [0.1, 0.15) is 30.2 Å². The minimum absolute atomic E-state index is 0.00629. The van der Waals surface area contributed by atoms with Crippen LogP contribution in [0.15, 0.2) is 60.8 Å². The first-order chi connectivity index (χ1) is 24.7. The van der Waals surface area contributed by atoms with E-state index in [1.807, 2.05) is 54.6 Å². The molecule has 0 radical (unpaired) electrons. The van der Waals surface area contributed by atoms with Crippen molar-refractivity contribution < 1.29 is 33.9 Å². The number of benzene rings is 2. The van der Waals surface area contributed by atoms with Crippen LogP contribution in [0.4, 0.5) is 0 Å². The van der Waals surface area contributed by atoms with Crippen molar-refractivity contribution in [3.05, 3.63) is 71.9 Å². The molecule has 51 heavy (non-hydrogen) atoms. The van der Waals surface area contributed by atoms with Gasteiger partial charge in [0, 0.05) is 36.5 Å². The Kier molecular flexibility index (Phi) is 12.8. The quantitative estimate of drug-likeness (QED) is 0.131. The number of nitrogens with two attached hydrogens (primary N) is 1. The van der Waals surface area contributed by atoms with E-state index in [2.05, 4.69) is 31.6 Å². The standard InChI is InChI=1S/C36H46N8O7/c37-15-7-6-13-26-32(47)43-28(17-22-9-2-1-3-10-22)36(51)44-16-8-14-30(44)35(50)39-20-31(46)40-29(21-45)34(49)42-27(33(48)41-26)18-23-19-38-25-12-5-4-11-24(23)25/h1-5,9-12,19,26-30,38,45H,6-8,13-18,20-21,37H2,(H,39,50)(H,40,46)(H,41,48)(H,42,49)(H,43,47)/t26-,27-,28-,29-,30-/m0/s1. The third-order valence-electron chi connectivity index (χ3n) is 9.31. The normalized spacial score (nSPS) is 24.1. The van der Waals surface area contributed by atoms with Crippen molar-refractivity contribution in [2.45, 2.75) is 75.2 Å². The molecule has 2 aromatic carbocycles. The van der Waals surface area contributed by atoms with Crippen molar-refractivity contribution in [2.75, 3.05) is 26.2 Å². The van der Waals surface area contributed by atoms with Gasteiger partial charge in [0.25, 0.3) is 0 Å². The predicted molar refractivity (Wildman–Crippen MR) is 188 cm³/mol. The lowest BCUT2D eigenvalue weighted by Crippen LogP contribution is -2.61. The summed E-state index contributed by atoms with van der Waals surface area (Å²) < 4.78 is 0. The number of aromatic nitrogens is 1. The number of carbonyl (C=O) groups is 6. The van der Waals surface area contributed by atoms with Crippen molar-refractivity contribution in [3.8, 4) is 0 Å². The van der Waals surface area contributed by atoms with Gasteiger partial charge in [-0.3, -0.25) is 28.8 Å². The fourth-order valence-corrected chi connectivity index (χ4v) is 6.59. The van der Waals surface area contributed by atoms with Gasteiger partial charge in [-0.05, 0) is 55.8 Å². The summed E-state index contributed by atoms with van der Waals surface area (Å²) >= 11 is 0. The van der Waals surface area contributed by atoms with Crippen LogP contribution in [0.2, 0.25) is 0 Å². The summed E-state index contributed by atoms with van der Waals surface area (Å²) in [7, 11) is 0. The Morgan fingerprint density at radius 2 is 1.43 bits per heavy atom. The highest BCUT2D eigenvalue weighted by molar-refractivity contribution is 5.98. The first-order valence-electron chi connectivity index (χ1n) is 17.4. The maximum Gasteiger partial charge on any atom is 0.246 e. The summed E-state index contributed by atoms with van der Waals surface area (Å²) in [4.78, 5) is 86.4. The lowest BCUT2D eigenvalue weighted by molar-refractivity contribution is -0.142. The molecular weight excluding hydrogens is 656 g/mol. The maximum absolute atomic E-state index is 14.1. The van der Waals surface area contributed by atoms with E-state index in [-0.39, 0.29) is 25.8 Å². The molecule has 0 aliphatic carbocycles. The molecule has 3 heterocycles. The van der Waals surface area contributed by atoms with E-state index in [1.54, 1.807) is 6.20 Å². The number of para-hydroxylation sites is 1. The van der Waals surface area contributed by atoms with Crippen LogP contribution >= 0.6 is 0 Å². The van der Waals surface area contributed by atoms with Gasteiger partial charge in [-0.2, -0.15) is 0 Å². The Hall–Kier alpha value is -5.28. The lowest BCUT2D eigenvalue weighted by Gasteiger charge is -2.30. The SMILES string of the molecule is NCCCC[C@@H]1NC(=O)[C@H](Cc2c[nH]c3ccccc23)NC(=O)[C@H](CO)NC(=O)CNC(=O)[C@@H]2CCCN2C(=O)[C@H](Cc2ccccc2)NC1=O. The van der Waals surface area contributed by atoms with Crippen molar-refractivity contribution in [1.82, 2.24) is 36.5 Å².